The fourth-order valence-corrected chi connectivity index (χ4v) is 1.68. The van der Waals surface area contributed by atoms with Gasteiger partial charge in [-0.2, -0.15) is 0 Å². The lowest BCUT2D eigenvalue weighted by Crippen LogP contribution is -2.40. The maximum Gasteiger partial charge on any atom is 0.111 e. The third kappa shape index (κ3) is 1.50. The van der Waals surface area contributed by atoms with Crippen LogP contribution in [0.1, 0.15) is 40.0 Å². The van der Waals surface area contributed by atoms with Gasteiger partial charge < -0.3 is 0 Å². The van der Waals surface area contributed by atoms with Crippen molar-refractivity contribution in [1.29, 1.82) is 0 Å². The van der Waals surface area contributed by atoms with E-state index in [1.165, 1.54) is 0 Å². The first-order valence-electron chi connectivity index (χ1n) is 4.21. The summed E-state index contributed by atoms with van der Waals surface area (Å²) in [4.78, 5) is 0. The molecule has 1 saturated carbocycles. The van der Waals surface area contributed by atoms with Crippen LogP contribution in [0.5, 0.6) is 0 Å². The molecule has 1 aliphatic rings. The van der Waals surface area contributed by atoms with E-state index in [-0.39, 0.29) is 0 Å². The molecule has 0 saturated heterocycles. The highest BCUT2D eigenvalue weighted by atomic mass is 19.1. The largest absolute Gasteiger partial charge is 0.244 e. The molecule has 1 aliphatic carbocycles. The summed E-state index contributed by atoms with van der Waals surface area (Å²) in [5.74, 6) is 1.01. The van der Waals surface area contributed by atoms with Gasteiger partial charge in [0, 0.05) is 0 Å². The van der Waals surface area contributed by atoms with Crippen LogP contribution < -0.4 is 0 Å². The summed E-state index contributed by atoms with van der Waals surface area (Å²) in [6, 6.07) is 0. The van der Waals surface area contributed by atoms with Crippen LogP contribution in [0, 0.1) is 11.8 Å². The summed E-state index contributed by atoms with van der Waals surface area (Å²) in [6.07, 6.45) is 2.95. The molecule has 0 aromatic carbocycles. The van der Waals surface area contributed by atoms with E-state index >= 15 is 0 Å². The minimum absolute atomic E-state index is 0.354. The first kappa shape index (κ1) is 8.03. The van der Waals surface area contributed by atoms with Crippen molar-refractivity contribution in [3.63, 3.8) is 0 Å². The van der Waals surface area contributed by atoms with E-state index in [4.69, 9.17) is 0 Å². The minimum Gasteiger partial charge on any atom is -0.244 e. The van der Waals surface area contributed by atoms with Gasteiger partial charge in [-0.05, 0) is 38.0 Å². The van der Waals surface area contributed by atoms with Crippen LogP contribution in [-0.2, 0) is 0 Å². The Kier molecular flexibility index (Phi) is 2.02. The zero-order valence-electron chi connectivity index (χ0n) is 7.15. The molecule has 0 aromatic rings. The van der Waals surface area contributed by atoms with Gasteiger partial charge in [-0.15, -0.1) is 0 Å². The average molecular weight is 144 g/mol. The van der Waals surface area contributed by atoms with Gasteiger partial charge in [-0.25, -0.2) is 4.39 Å². The van der Waals surface area contributed by atoms with Gasteiger partial charge in [-0.1, -0.05) is 13.8 Å². The molecule has 0 heterocycles. The molecule has 0 aromatic heterocycles. The zero-order chi connectivity index (χ0) is 7.78. The van der Waals surface area contributed by atoms with Gasteiger partial charge in [0.2, 0.25) is 0 Å². The van der Waals surface area contributed by atoms with E-state index in [0.29, 0.717) is 11.8 Å². The van der Waals surface area contributed by atoms with E-state index in [0.717, 1.165) is 19.3 Å². The van der Waals surface area contributed by atoms with Crippen LogP contribution in [0.4, 0.5) is 4.39 Å². The lowest BCUT2D eigenvalue weighted by Gasteiger charge is -2.41. The molecule has 1 heteroatoms. The standard InChI is InChI=1S/C9H17F/c1-7(2)6-8-4-5-9(8,3)10/h7-8H,4-6H2,1-3H3. The fourth-order valence-electron chi connectivity index (χ4n) is 1.68. The van der Waals surface area contributed by atoms with Crippen LogP contribution in [0.25, 0.3) is 0 Å². The molecule has 2 unspecified atom stereocenters. The molecule has 1 fully saturated rings. The molecule has 0 nitrogen and oxygen atoms in total. The van der Waals surface area contributed by atoms with Crippen molar-refractivity contribution < 1.29 is 4.39 Å². The normalized spacial score (nSPS) is 39.9. The molecule has 1 rings (SSSR count). The Hall–Kier alpha value is -0.0700. The summed E-state index contributed by atoms with van der Waals surface area (Å²) in [6.45, 7) is 6.06. The number of halogens is 1. The van der Waals surface area contributed by atoms with Crippen LogP contribution in [0.3, 0.4) is 0 Å². The molecule has 0 spiro atoms. The summed E-state index contributed by atoms with van der Waals surface area (Å²) in [7, 11) is 0. The highest BCUT2D eigenvalue weighted by Gasteiger charge is 2.42. The van der Waals surface area contributed by atoms with E-state index in [1.54, 1.807) is 6.92 Å². The maximum absolute atomic E-state index is 13.2. The quantitative estimate of drug-likeness (QED) is 0.558. The molecule has 0 radical (unpaired) electrons. The molecule has 60 valence electrons. The Labute approximate surface area is 62.8 Å². The molecule has 0 amide bonds. The molecule has 0 aliphatic heterocycles. The molecular formula is C9H17F. The van der Waals surface area contributed by atoms with Gasteiger partial charge in [-0.3, -0.25) is 0 Å². The van der Waals surface area contributed by atoms with Crippen molar-refractivity contribution in [3.8, 4) is 0 Å². The van der Waals surface area contributed by atoms with Crippen LogP contribution in [0.2, 0.25) is 0 Å². The Morgan fingerprint density at radius 3 is 2.30 bits per heavy atom. The Balaban J connectivity index is 2.30. The predicted octanol–water partition coefficient (Wildman–Crippen LogP) is 3.17. The number of rotatable bonds is 2. The predicted molar refractivity (Wildman–Crippen MR) is 41.7 cm³/mol. The third-order valence-corrected chi connectivity index (χ3v) is 2.59. The molecule has 0 bridgehead atoms. The first-order chi connectivity index (χ1) is 4.52. The second-order valence-electron chi connectivity index (χ2n) is 4.14. The van der Waals surface area contributed by atoms with Gasteiger partial charge in [0.05, 0.1) is 0 Å². The van der Waals surface area contributed by atoms with Crippen molar-refractivity contribution in [1.82, 2.24) is 0 Å². The summed E-state index contributed by atoms with van der Waals surface area (Å²) < 4.78 is 13.2. The summed E-state index contributed by atoms with van der Waals surface area (Å²) >= 11 is 0. The molecule has 0 N–H and O–H groups in total. The number of hydrogen-bond acceptors (Lipinski definition) is 0. The van der Waals surface area contributed by atoms with Gasteiger partial charge in [0.1, 0.15) is 5.67 Å². The van der Waals surface area contributed by atoms with Crippen molar-refractivity contribution >= 4 is 0 Å². The number of alkyl halides is 1. The van der Waals surface area contributed by atoms with E-state index < -0.39 is 5.67 Å². The van der Waals surface area contributed by atoms with Crippen molar-refractivity contribution in [2.24, 2.45) is 11.8 Å². The monoisotopic (exact) mass is 144 g/mol. The Bertz CT molecular complexity index is 116. The van der Waals surface area contributed by atoms with Gasteiger partial charge in [0.25, 0.3) is 0 Å². The lowest BCUT2D eigenvalue weighted by molar-refractivity contribution is -0.00879. The lowest BCUT2D eigenvalue weighted by atomic mass is 9.69. The fraction of sp³-hybridized carbons (Fsp3) is 1.00. The van der Waals surface area contributed by atoms with Crippen molar-refractivity contribution in [2.75, 3.05) is 0 Å². The van der Waals surface area contributed by atoms with E-state index in [9.17, 15) is 4.39 Å². The zero-order valence-corrected chi connectivity index (χ0v) is 7.15. The first-order valence-corrected chi connectivity index (χ1v) is 4.21. The summed E-state index contributed by atoms with van der Waals surface area (Å²) in [5, 5.41) is 0. The maximum atomic E-state index is 13.2. The van der Waals surface area contributed by atoms with Crippen LogP contribution in [0.15, 0.2) is 0 Å². The molecule has 10 heavy (non-hydrogen) atoms. The third-order valence-electron chi connectivity index (χ3n) is 2.59. The van der Waals surface area contributed by atoms with Gasteiger partial charge in [0.15, 0.2) is 0 Å². The van der Waals surface area contributed by atoms with E-state index in [2.05, 4.69) is 13.8 Å². The second kappa shape index (κ2) is 2.52. The average Bonchev–Trinajstić information content (AvgIpc) is 1.81. The topological polar surface area (TPSA) is 0 Å². The van der Waals surface area contributed by atoms with E-state index in [1.807, 2.05) is 0 Å². The Morgan fingerprint density at radius 2 is 2.20 bits per heavy atom. The number of hydrogen-bond donors (Lipinski definition) is 0. The summed E-state index contributed by atoms with van der Waals surface area (Å²) in [5.41, 5.74) is -0.829. The highest BCUT2D eigenvalue weighted by molar-refractivity contribution is 4.92. The van der Waals surface area contributed by atoms with Crippen LogP contribution in [-0.4, -0.2) is 5.67 Å². The smallest absolute Gasteiger partial charge is 0.111 e. The van der Waals surface area contributed by atoms with Crippen molar-refractivity contribution in [2.45, 2.75) is 45.7 Å². The SMILES string of the molecule is CC(C)CC1CCC1(C)F. The Morgan fingerprint density at radius 1 is 1.60 bits per heavy atom. The van der Waals surface area contributed by atoms with Crippen LogP contribution >= 0.6 is 0 Å². The minimum atomic E-state index is -0.829. The van der Waals surface area contributed by atoms with Crippen molar-refractivity contribution in [3.05, 3.63) is 0 Å². The van der Waals surface area contributed by atoms with Gasteiger partial charge >= 0.3 is 0 Å². The molecule has 2 atom stereocenters. The second-order valence-corrected chi connectivity index (χ2v) is 4.14. The molecular weight excluding hydrogens is 127 g/mol. The highest BCUT2D eigenvalue weighted by Crippen LogP contribution is 2.44.